The Labute approximate surface area is 64.2 Å². The summed E-state index contributed by atoms with van der Waals surface area (Å²) in [5, 5.41) is 0. The van der Waals surface area contributed by atoms with Crippen LogP contribution in [0, 0.1) is 0 Å². The van der Waals surface area contributed by atoms with Crippen molar-refractivity contribution in [1.82, 2.24) is 4.72 Å². The van der Waals surface area contributed by atoms with E-state index in [1.807, 2.05) is 6.92 Å². The SMILES string of the molecule is CCC1=C(C)OSNC1=O. The van der Waals surface area contributed by atoms with Gasteiger partial charge in [-0.3, -0.25) is 9.52 Å². The number of amides is 1. The van der Waals surface area contributed by atoms with Gasteiger partial charge < -0.3 is 4.18 Å². The van der Waals surface area contributed by atoms with Crippen LogP contribution in [0.25, 0.3) is 0 Å². The highest BCUT2D eigenvalue weighted by molar-refractivity contribution is 7.93. The Kier molecular flexibility index (Phi) is 2.21. The average Bonchev–Trinajstić information content (AvgIpc) is 1.88. The minimum absolute atomic E-state index is 0.0312. The fraction of sp³-hybridized carbons (Fsp3) is 0.500. The molecular weight excluding hydrogens is 150 g/mol. The van der Waals surface area contributed by atoms with E-state index in [2.05, 4.69) is 4.72 Å². The number of hydrogen-bond donors (Lipinski definition) is 1. The van der Waals surface area contributed by atoms with Crippen molar-refractivity contribution in [3.8, 4) is 0 Å². The van der Waals surface area contributed by atoms with Crippen molar-refractivity contribution in [2.45, 2.75) is 20.3 Å². The van der Waals surface area contributed by atoms with Crippen LogP contribution in [-0.4, -0.2) is 5.91 Å². The molecule has 0 unspecified atom stereocenters. The van der Waals surface area contributed by atoms with Crippen LogP contribution < -0.4 is 4.72 Å². The Balaban J connectivity index is 2.84. The first-order valence-electron chi connectivity index (χ1n) is 3.09. The molecule has 56 valence electrons. The summed E-state index contributed by atoms with van der Waals surface area (Å²) in [5.41, 5.74) is 0.735. The molecule has 4 heteroatoms. The van der Waals surface area contributed by atoms with Gasteiger partial charge in [-0.25, -0.2) is 0 Å². The molecule has 1 N–H and O–H groups in total. The van der Waals surface area contributed by atoms with Gasteiger partial charge in [0.2, 0.25) is 0 Å². The number of carbonyl (C=O) groups is 1. The topological polar surface area (TPSA) is 38.3 Å². The van der Waals surface area contributed by atoms with Gasteiger partial charge in [-0.2, -0.15) is 0 Å². The van der Waals surface area contributed by atoms with Gasteiger partial charge in [-0.15, -0.1) is 0 Å². The second kappa shape index (κ2) is 2.96. The molecule has 1 aliphatic heterocycles. The van der Waals surface area contributed by atoms with Gasteiger partial charge in [0.05, 0.1) is 5.57 Å². The zero-order chi connectivity index (χ0) is 7.56. The van der Waals surface area contributed by atoms with Gasteiger partial charge in [0.1, 0.15) is 5.76 Å². The van der Waals surface area contributed by atoms with Gasteiger partial charge in [0.15, 0.2) is 12.2 Å². The van der Waals surface area contributed by atoms with E-state index in [9.17, 15) is 4.79 Å². The van der Waals surface area contributed by atoms with E-state index in [4.69, 9.17) is 4.18 Å². The molecule has 1 amide bonds. The standard InChI is InChI=1S/C6H9NO2S/c1-3-5-4(2)9-10-7-6(5)8/h3H2,1-2H3,(H,7,8). The molecule has 0 aromatic carbocycles. The molecule has 1 rings (SSSR count). The number of allylic oxidation sites excluding steroid dienone is 1. The molecule has 0 fully saturated rings. The third-order valence-corrected chi connectivity index (χ3v) is 1.96. The summed E-state index contributed by atoms with van der Waals surface area (Å²) >= 11 is 0.973. The van der Waals surface area contributed by atoms with E-state index >= 15 is 0 Å². The zero-order valence-corrected chi connectivity index (χ0v) is 6.75. The summed E-state index contributed by atoms with van der Waals surface area (Å²) in [7, 11) is 0. The minimum Gasteiger partial charge on any atom is -0.410 e. The molecular formula is C6H9NO2S. The van der Waals surface area contributed by atoms with E-state index in [1.165, 1.54) is 0 Å². The summed E-state index contributed by atoms with van der Waals surface area (Å²) < 4.78 is 7.53. The van der Waals surface area contributed by atoms with Crippen LogP contribution in [0.5, 0.6) is 0 Å². The normalized spacial score (nSPS) is 18.4. The lowest BCUT2D eigenvalue weighted by atomic mass is 10.2. The Morgan fingerprint density at radius 1 is 1.70 bits per heavy atom. The fourth-order valence-corrected chi connectivity index (χ4v) is 1.27. The van der Waals surface area contributed by atoms with E-state index in [0.717, 1.165) is 30.0 Å². The second-order valence-corrected chi connectivity index (χ2v) is 2.52. The lowest BCUT2D eigenvalue weighted by Crippen LogP contribution is -2.23. The molecule has 10 heavy (non-hydrogen) atoms. The highest BCUT2D eigenvalue weighted by atomic mass is 32.2. The van der Waals surface area contributed by atoms with Crippen molar-refractivity contribution < 1.29 is 8.98 Å². The van der Waals surface area contributed by atoms with E-state index in [0.29, 0.717) is 0 Å². The summed E-state index contributed by atoms with van der Waals surface area (Å²) in [6.45, 7) is 3.72. The summed E-state index contributed by atoms with van der Waals surface area (Å²) in [5.74, 6) is 0.688. The van der Waals surface area contributed by atoms with Crippen molar-refractivity contribution in [3.63, 3.8) is 0 Å². The Bertz CT molecular complexity index is 188. The van der Waals surface area contributed by atoms with E-state index in [1.54, 1.807) is 6.92 Å². The Hall–Kier alpha value is -0.640. The van der Waals surface area contributed by atoms with Crippen LogP contribution in [0.4, 0.5) is 0 Å². The van der Waals surface area contributed by atoms with Gasteiger partial charge in [0.25, 0.3) is 5.91 Å². The van der Waals surface area contributed by atoms with Crippen molar-refractivity contribution in [2.75, 3.05) is 0 Å². The highest BCUT2D eigenvalue weighted by Crippen LogP contribution is 2.20. The lowest BCUT2D eigenvalue weighted by Gasteiger charge is -2.14. The molecule has 0 spiro atoms. The third kappa shape index (κ3) is 1.26. The Morgan fingerprint density at radius 3 is 2.80 bits per heavy atom. The first-order chi connectivity index (χ1) is 4.75. The number of rotatable bonds is 1. The maximum absolute atomic E-state index is 11.0. The van der Waals surface area contributed by atoms with Crippen molar-refractivity contribution in [3.05, 3.63) is 11.3 Å². The van der Waals surface area contributed by atoms with Crippen molar-refractivity contribution >= 4 is 18.1 Å². The molecule has 1 aliphatic rings. The monoisotopic (exact) mass is 159 g/mol. The third-order valence-electron chi connectivity index (χ3n) is 1.35. The number of carbonyl (C=O) groups excluding carboxylic acids is 1. The predicted molar refractivity (Wildman–Crippen MR) is 39.8 cm³/mol. The van der Waals surface area contributed by atoms with Crippen LogP contribution in [0.2, 0.25) is 0 Å². The average molecular weight is 159 g/mol. The quantitative estimate of drug-likeness (QED) is 0.464. The first-order valence-corrected chi connectivity index (χ1v) is 3.83. The van der Waals surface area contributed by atoms with Crippen LogP contribution >= 0.6 is 12.2 Å². The molecule has 0 saturated heterocycles. The van der Waals surface area contributed by atoms with Crippen LogP contribution in [0.3, 0.4) is 0 Å². The van der Waals surface area contributed by atoms with Crippen LogP contribution in [-0.2, 0) is 8.98 Å². The lowest BCUT2D eigenvalue weighted by molar-refractivity contribution is -0.116. The van der Waals surface area contributed by atoms with Crippen molar-refractivity contribution in [1.29, 1.82) is 0 Å². The van der Waals surface area contributed by atoms with E-state index in [-0.39, 0.29) is 5.91 Å². The van der Waals surface area contributed by atoms with Gasteiger partial charge >= 0.3 is 0 Å². The maximum atomic E-state index is 11.0. The predicted octanol–water partition coefficient (Wildman–Crippen LogP) is 1.38. The number of nitrogens with one attached hydrogen (secondary N) is 1. The maximum Gasteiger partial charge on any atom is 0.262 e. The summed E-state index contributed by atoms with van der Waals surface area (Å²) in [6.07, 6.45) is 0.720. The fourth-order valence-electron chi connectivity index (χ4n) is 0.802. The van der Waals surface area contributed by atoms with Crippen molar-refractivity contribution in [2.24, 2.45) is 0 Å². The zero-order valence-electron chi connectivity index (χ0n) is 5.93. The largest absolute Gasteiger partial charge is 0.410 e. The molecule has 0 aromatic rings. The van der Waals surface area contributed by atoms with Crippen LogP contribution in [0.15, 0.2) is 11.3 Å². The van der Waals surface area contributed by atoms with Crippen LogP contribution in [0.1, 0.15) is 20.3 Å². The molecule has 0 bridgehead atoms. The highest BCUT2D eigenvalue weighted by Gasteiger charge is 2.17. The van der Waals surface area contributed by atoms with Gasteiger partial charge in [-0.05, 0) is 13.3 Å². The molecule has 0 radical (unpaired) electrons. The molecule has 0 saturated carbocycles. The number of hydrogen-bond acceptors (Lipinski definition) is 3. The molecule has 1 heterocycles. The van der Waals surface area contributed by atoms with Gasteiger partial charge in [-0.1, -0.05) is 6.92 Å². The molecule has 0 atom stereocenters. The smallest absolute Gasteiger partial charge is 0.262 e. The molecule has 0 aliphatic carbocycles. The van der Waals surface area contributed by atoms with Gasteiger partial charge in [0, 0.05) is 0 Å². The molecule has 0 aromatic heterocycles. The van der Waals surface area contributed by atoms with E-state index < -0.39 is 0 Å². The first kappa shape index (κ1) is 7.47. The summed E-state index contributed by atoms with van der Waals surface area (Å²) in [4.78, 5) is 11.0. The summed E-state index contributed by atoms with van der Waals surface area (Å²) in [6, 6.07) is 0. The Morgan fingerprint density at radius 2 is 2.40 bits per heavy atom. The molecule has 3 nitrogen and oxygen atoms in total. The second-order valence-electron chi connectivity index (χ2n) is 1.99. The minimum atomic E-state index is -0.0312.